The van der Waals surface area contributed by atoms with Crippen molar-refractivity contribution in [2.24, 2.45) is 5.73 Å². The molecule has 2 rings (SSSR count). The molecule has 4 nitrogen and oxygen atoms in total. The van der Waals surface area contributed by atoms with Crippen molar-refractivity contribution < 1.29 is 4.74 Å². The van der Waals surface area contributed by atoms with Crippen LogP contribution in [0.4, 0.5) is 5.69 Å². The van der Waals surface area contributed by atoms with Crippen molar-refractivity contribution in [3.63, 3.8) is 0 Å². The van der Waals surface area contributed by atoms with Gasteiger partial charge in [0.2, 0.25) is 0 Å². The van der Waals surface area contributed by atoms with E-state index in [0.717, 1.165) is 31.9 Å². The Labute approximate surface area is 107 Å². The van der Waals surface area contributed by atoms with Crippen molar-refractivity contribution >= 4 is 23.0 Å². The van der Waals surface area contributed by atoms with Crippen molar-refractivity contribution in [3.05, 3.63) is 24.3 Å². The molecule has 1 heterocycles. The minimum Gasteiger partial charge on any atom is -0.497 e. The number of benzene rings is 1. The van der Waals surface area contributed by atoms with Gasteiger partial charge in [-0.25, -0.2) is 0 Å². The van der Waals surface area contributed by atoms with Crippen LogP contribution in [0.5, 0.6) is 5.75 Å². The predicted molar refractivity (Wildman–Crippen MR) is 73.6 cm³/mol. The molecule has 1 aliphatic heterocycles. The maximum Gasteiger partial charge on any atom is 0.166 e. The summed E-state index contributed by atoms with van der Waals surface area (Å²) in [5, 5.41) is 0.496. The fraction of sp³-hybridized carbons (Fsp3) is 0.417. The van der Waals surface area contributed by atoms with Gasteiger partial charge in [-0.1, -0.05) is 6.07 Å². The molecule has 0 bridgehead atoms. The lowest BCUT2D eigenvalue weighted by molar-refractivity contribution is 0.387. The molecule has 0 spiro atoms. The van der Waals surface area contributed by atoms with E-state index in [-0.39, 0.29) is 0 Å². The Balaban J connectivity index is 2.02. The number of methoxy groups -OCH3 is 1. The molecule has 92 valence electrons. The predicted octanol–water partition coefficient (Wildman–Crippen LogP) is 1.06. The third kappa shape index (κ3) is 2.79. The van der Waals surface area contributed by atoms with Gasteiger partial charge in [0.25, 0.3) is 0 Å². The number of thiocarbonyl (C=S) groups is 1. The largest absolute Gasteiger partial charge is 0.497 e. The number of nitrogens with zero attached hydrogens (tertiary/aromatic N) is 2. The van der Waals surface area contributed by atoms with Crippen LogP contribution in [0.1, 0.15) is 0 Å². The summed E-state index contributed by atoms with van der Waals surface area (Å²) in [5.41, 5.74) is 6.80. The fourth-order valence-corrected chi connectivity index (χ4v) is 2.17. The first-order valence-corrected chi connectivity index (χ1v) is 6.05. The summed E-state index contributed by atoms with van der Waals surface area (Å²) in [6.07, 6.45) is 0. The summed E-state index contributed by atoms with van der Waals surface area (Å²) in [5.74, 6) is 0.888. The van der Waals surface area contributed by atoms with Gasteiger partial charge < -0.3 is 20.3 Å². The van der Waals surface area contributed by atoms with Gasteiger partial charge >= 0.3 is 0 Å². The Morgan fingerprint density at radius 3 is 2.59 bits per heavy atom. The first-order valence-electron chi connectivity index (χ1n) is 5.64. The average Bonchev–Trinajstić information content (AvgIpc) is 2.39. The standard InChI is InChI=1S/C12H17N3OS/c1-16-11-4-2-3-10(9-11)14-5-7-15(8-6-14)12(13)17/h2-4,9H,5-8H2,1H3,(H2,13,17). The minimum absolute atomic E-state index is 0.496. The lowest BCUT2D eigenvalue weighted by atomic mass is 10.2. The van der Waals surface area contributed by atoms with E-state index in [2.05, 4.69) is 17.0 Å². The highest BCUT2D eigenvalue weighted by atomic mass is 32.1. The third-order valence-corrected chi connectivity index (χ3v) is 3.27. The minimum atomic E-state index is 0.496. The lowest BCUT2D eigenvalue weighted by Gasteiger charge is -2.36. The van der Waals surface area contributed by atoms with Crippen molar-refractivity contribution in [1.29, 1.82) is 0 Å². The topological polar surface area (TPSA) is 41.7 Å². The van der Waals surface area contributed by atoms with Crippen LogP contribution in [0.15, 0.2) is 24.3 Å². The normalized spacial score (nSPS) is 15.8. The molecule has 1 aromatic carbocycles. The van der Waals surface area contributed by atoms with Crippen LogP contribution < -0.4 is 15.4 Å². The number of nitrogens with two attached hydrogens (primary N) is 1. The molecule has 2 N–H and O–H groups in total. The van der Waals surface area contributed by atoms with Crippen molar-refractivity contribution in [2.45, 2.75) is 0 Å². The number of piperazine rings is 1. The first kappa shape index (κ1) is 12.0. The fourth-order valence-electron chi connectivity index (χ4n) is 1.99. The Kier molecular flexibility index (Phi) is 3.68. The zero-order chi connectivity index (χ0) is 12.3. The van der Waals surface area contributed by atoms with E-state index in [9.17, 15) is 0 Å². The van der Waals surface area contributed by atoms with E-state index in [4.69, 9.17) is 22.7 Å². The highest BCUT2D eigenvalue weighted by Crippen LogP contribution is 2.21. The van der Waals surface area contributed by atoms with E-state index in [1.54, 1.807) is 7.11 Å². The molecular weight excluding hydrogens is 234 g/mol. The highest BCUT2D eigenvalue weighted by molar-refractivity contribution is 7.80. The van der Waals surface area contributed by atoms with Gasteiger partial charge in [0.15, 0.2) is 5.11 Å². The highest BCUT2D eigenvalue weighted by Gasteiger charge is 2.17. The summed E-state index contributed by atoms with van der Waals surface area (Å²) in [6.45, 7) is 3.63. The summed E-state index contributed by atoms with van der Waals surface area (Å²) < 4.78 is 5.23. The number of anilines is 1. The molecule has 0 atom stereocenters. The molecule has 1 aromatic rings. The SMILES string of the molecule is COc1cccc(N2CCN(C(N)=S)CC2)c1. The van der Waals surface area contributed by atoms with Gasteiger partial charge in [-0.05, 0) is 24.4 Å². The van der Waals surface area contributed by atoms with Crippen molar-refractivity contribution in [2.75, 3.05) is 38.2 Å². The van der Waals surface area contributed by atoms with Crippen LogP contribution in [0.2, 0.25) is 0 Å². The second kappa shape index (κ2) is 5.23. The molecule has 17 heavy (non-hydrogen) atoms. The maximum absolute atomic E-state index is 5.62. The Bertz CT molecular complexity index is 402. The van der Waals surface area contributed by atoms with E-state index in [0.29, 0.717) is 5.11 Å². The zero-order valence-electron chi connectivity index (χ0n) is 9.93. The van der Waals surface area contributed by atoms with E-state index in [1.807, 2.05) is 17.0 Å². The van der Waals surface area contributed by atoms with Crippen LogP contribution in [-0.2, 0) is 0 Å². The van der Waals surface area contributed by atoms with Crippen LogP contribution >= 0.6 is 12.2 Å². The average molecular weight is 251 g/mol. The smallest absolute Gasteiger partial charge is 0.166 e. The van der Waals surface area contributed by atoms with Gasteiger partial charge in [-0.2, -0.15) is 0 Å². The summed E-state index contributed by atoms with van der Waals surface area (Å²) in [6, 6.07) is 8.11. The van der Waals surface area contributed by atoms with Gasteiger partial charge in [0.1, 0.15) is 5.75 Å². The second-order valence-corrected chi connectivity index (χ2v) is 4.43. The van der Waals surface area contributed by atoms with Crippen LogP contribution in [0, 0.1) is 0 Å². The maximum atomic E-state index is 5.62. The number of rotatable bonds is 2. The van der Waals surface area contributed by atoms with Crippen molar-refractivity contribution in [3.8, 4) is 5.75 Å². The second-order valence-electron chi connectivity index (χ2n) is 4.01. The quantitative estimate of drug-likeness (QED) is 0.796. The molecule has 0 unspecified atom stereocenters. The van der Waals surface area contributed by atoms with Crippen LogP contribution in [-0.4, -0.2) is 43.3 Å². The number of ether oxygens (including phenoxy) is 1. The Morgan fingerprint density at radius 2 is 2.00 bits per heavy atom. The molecular formula is C12H17N3OS. The third-order valence-electron chi connectivity index (χ3n) is 3.01. The van der Waals surface area contributed by atoms with E-state index >= 15 is 0 Å². The molecule has 0 radical (unpaired) electrons. The van der Waals surface area contributed by atoms with Gasteiger partial charge in [0.05, 0.1) is 7.11 Å². The monoisotopic (exact) mass is 251 g/mol. The van der Waals surface area contributed by atoms with Crippen LogP contribution in [0.3, 0.4) is 0 Å². The summed E-state index contributed by atoms with van der Waals surface area (Å²) in [4.78, 5) is 4.35. The number of hydrogen-bond acceptors (Lipinski definition) is 3. The van der Waals surface area contributed by atoms with Crippen LogP contribution in [0.25, 0.3) is 0 Å². The Hall–Kier alpha value is -1.49. The van der Waals surface area contributed by atoms with Crippen molar-refractivity contribution in [1.82, 2.24) is 4.90 Å². The summed E-state index contributed by atoms with van der Waals surface area (Å²) in [7, 11) is 1.68. The van der Waals surface area contributed by atoms with E-state index in [1.165, 1.54) is 5.69 Å². The van der Waals surface area contributed by atoms with Gasteiger partial charge in [-0.3, -0.25) is 0 Å². The molecule has 0 saturated carbocycles. The molecule has 5 heteroatoms. The molecule has 0 aromatic heterocycles. The number of hydrogen-bond donors (Lipinski definition) is 1. The molecule has 1 aliphatic rings. The molecule has 0 aliphatic carbocycles. The molecule has 0 amide bonds. The Morgan fingerprint density at radius 1 is 1.29 bits per heavy atom. The lowest BCUT2D eigenvalue weighted by Crippen LogP contribution is -2.50. The summed E-state index contributed by atoms with van der Waals surface area (Å²) >= 11 is 4.98. The first-order chi connectivity index (χ1) is 8.20. The zero-order valence-corrected chi connectivity index (χ0v) is 10.7. The molecule has 1 saturated heterocycles. The molecule has 1 fully saturated rings. The van der Waals surface area contributed by atoms with Gasteiger partial charge in [-0.15, -0.1) is 0 Å². The van der Waals surface area contributed by atoms with E-state index < -0.39 is 0 Å². The van der Waals surface area contributed by atoms with Gasteiger partial charge in [0, 0.05) is 37.9 Å².